The number of carboxylic acid groups (broad SMARTS) is 1. The van der Waals surface area contributed by atoms with Crippen LogP contribution in [0.25, 0.3) is 0 Å². The van der Waals surface area contributed by atoms with Gasteiger partial charge in [0.25, 0.3) is 0 Å². The first-order chi connectivity index (χ1) is 13.6. The molecule has 0 aliphatic rings. The van der Waals surface area contributed by atoms with E-state index in [1.807, 2.05) is 0 Å². The average Bonchev–Trinajstić information content (AvgIpc) is 2.60. The second-order valence-corrected chi connectivity index (χ2v) is 5.48. The Labute approximate surface area is 171 Å². The Morgan fingerprint density at radius 1 is 0.806 bits per heavy atom. The summed E-state index contributed by atoms with van der Waals surface area (Å²) < 4.78 is 103. The van der Waals surface area contributed by atoms with Gasteiger partial charge in [-0.2, -0.15) is 26.3 Å². The molecule has 0 heterocycles. The number of benzene rings is 2. The van der Waals surface area contributed by atoms with E-state index >= 15 is 0 Å². The molecule has 0 radical (unpaired) electrons. The summed E-state index contributed by atoms with van der Waals surface area (Å²) >= 11 is 0. The van der Waals surface area contributed by atoms with Gasteiger partial charge in [-0.15, -0.1) is 0 Å². The lowest BCUT2D eigenvalue weighted by Crippen LogP contribution is -2.10. The van der Waals surface area contributed by atoms with E-state index in [2.05, 4.69) is 4.74 Å². The van der Waals surface area contributed by atoms with Crippen LogP contribution in [-0.2, 0) is 17.1 Å². The number of carbonyl (C=O) groups excluding carboxylic acids is 1. The highest BCUT2D eigenvalue weighted by Crippen LogP contribution is 2.31. The minimum absolute atomic E-state index is 0. The third-order valence-corrected chi connectivity index (χ3v) is 3.21. The van der Waals surface area contributed by atoms with Gasteiger partial charge >= 0.3 is 24.3 Å². The molecule has 2 rings (SSSR count). The van der Waals surface area contributed by atoms with Gasteiger partial charge < -0.3 is 9.84 Å². The highest BCUT2D eigenvalue weighted by Gasteiger charge is 2.32. The maximum absolute atomic E-state index is 12.9. The van der Waals surface area contributed by atoms with Crippen molar-refractivity contribution in [1.29, 1.82) is 0 Å². The zero-order chi connectivity index (χ0) is 23.3. The molecule has 2 aromatic carbocycles. The van der Waals surface area contributed by atoms with Gasteiger partial charge in [0.1, 0.15) is 11.6 Å². The van der Waals surface area contributed by atoms with Gasteiger partial charge in [0.2, 0.25) is 0 Å². The molecule has 12 heteroatoms. The number of rotatable bonds is 3. The Hall–Kier alpha value is -3.18. The molecular formula is C19H16F8O4. The van der Waals surface area contributed by atoms with Crippen LogP contribution in [0.5, 0.6) is 0 Å². The molecule has 0 aromatic heterocycles. The van der Waals surface area contributed by atoms with Crippen LogP contribution in [0.3, 0.4) is 0 Å². The van der Waals surface area contributed by atoms with Crippen molar-refractivity contribution in [3.8, 4) is 0 Å². The van der Waals surface area contributed by atoms with Crippen LogP contribution in [0.15, 0.2) is 36.4 Å². The highest BCUT2D eigenvalue weighted by molar-refractivity contribution is 5.89. The summed E-state index contributed by atoms with van der Waals surface area (Å²) in [6, 6.07) is 2.73. The van der Waals surface area contributed by atoms with Crippen molar-refractivity contribution in [2.24, 2.45) is 0 Å². The summed E-state index contributed by atoms with van der Waals surface area (Å²) in [5, 5.41) is 8.37. The topological polar surface area (TPSA) is 63.6 Å². The van der Waals surface area contributed by atoms with Crippen LogP contribution in [0.2, 0.25) is 0 Å². The number of aromatic carboxylic acids is 1. The molecule has 0 bridgehead atoms. The fourth-order valence-electron chi connectivity index (χ4n) is 1.96. The lowest BCUT2D eigenvalue weighted by molar-refractivity contribution is -0.138. The first-order valence-electron chi connectivity index (χ1n) is 7.81. The molecule has 0 fully saturated rings. The molecule has 172 valence electrons. The Morgan fingerprint density at radius 2 is 1.19 bits per heavy atom. The normalized spacial score (nSPS) is 11.0. The number of hydrogen-bond donors (Lipinski definition) is 1. The summed E-state index contributed by atoms with van der Waals surface area (Å²) in [5.41, 5.74) is -3.70. The fraction of sp³-hybridized carbons (Fsp3) is 0.263. The standard InChI is InChI=1S/C10H8F4O2.C8H4F4O2.CH4/c1-2-16-9(15)6-3-7(10(12,13)14)5-8(11)4-6;9-6-2-4(7(13)14)1-5(3-6)8(10,11)12;/h3-5H,2H2,1H3;1-3H,(H,13,14);1H4. The molecule has 0 spiro atoms. The van der Waals surface area contributed by atoms with Crippen molar-refractivity contribution in [3.05, 3.63) is 70.3 Å². The molecule has 0 atom stereocenters. The van der Waals surface area contributed by atoms with Crippen LogP contribution in [0.1, 0.15) is 46.2 Å². The number of carboxylic acids is 1. The van der Waals surface area contributed by atoms with Crippen molar-refractivity contribution in [2.45, 2.75) is 26.7 Å². The van der Waals surface area contributed by atoms with Crippen molar-refractivity contribution in [1.82, 2.24) is 0 Å². The van der Waals surface area contributed by atoms with E-state index in [0.717, 1.165) is 0 Å². The Bertz CT molecular complexity index is 920. The van der Waals surface area contributed by atoms with Crippen molar-refractivity contribution in [3.63, 3.8) is 0 Å². The molecule has 0 aliphatic heterocycles. The number of ether oxygens (including phenoxy) is 1. The van der Waals surface area contributed by atoms with Crippen LogP contribution in [0, 0.1) is 11.6 Å². The van der Waals surface area contributed by atoms with Crippen LogP contribution in [0.4, 0.5) is 35.1 Å². The van der Waals surface area contributed by atoms with Gasteiger partial charge in [0.15, 0.2) is 0 Å². The predicted octanol–water partition coefficient (Wildman–Crippen LogP) is 6.20. The average molecular weight is 460 g/mol. The SMILES string of the molecule is C.CCOC(=O)c1cc(F)cc(C(F)(F)F)c1.O=C(O)c1cc(F)cc(C(F)(F)F)c1. The van der Waals surface area contributed by atoms with Gasteiger partial charge in [-0.25, -0.2) is 18.4 Å². The second kappa shape index (κ2) is 10.7. The zero-order valence-corrected chi connectivity index (χ0v) is 14.9. The molecule has 0 unspecified atom stereocenters. The van der Waals surface area contributed by atoms with Gasteiger partial charge in [-0.05, 0) is 43.3 Å². The van der Waals surface area contributed by atoms with E-state index in [9.17, 15) is 44.7 Å². The maximum atomic E-state index is 12.9. The second-order valence-electron chi connectivity index (χ2n) is 5.48. The number of halogens is 8. The van der Waals surface area contributed by atoms with Crippen LogP contribution >= 0.6 is 0 Å². The number of hydrogen-bond acceptors (Lipinski definition) is 3. The predicted molar refractivity (Wildman–Crippen MR) is 92.5 cm³/mol. The Morgan fingerprint density at radius 3 is 1.55 bits per heavy atom. The van der Waals surface area contributed by atoms with Crippen molar-refractivity contribution >= 4 is 11.9 Å². The van der Waals surface area contributed by atoms with Gasteiger partial charge in [-0.3, -0.25) is 0 Å². The number of alkyl halides is 6. The molecule has 1 N–H and O–H groups in total. The summed E-state index contributed by atoms with van der Waals surface area (Å²) in [7, 11) is 0. The molecule has 0 aliphatic carbocycles. The largest absolute Gasteiger partial charge is 0.478 e. The van der Waals surface area contributed by atoms with Crippen LogP contribution < -0.4 is 0 Å². The maximum Gasteiger partial charge on any atom is 0.416 e. The van der Waals surface area contributed by atoms with Crippen LogP contribution in [-0.4, -0.2) is 23.7 Å². The molecule has 0 saturated heterocycles. The first kappa shape index (κ1) is 27.8. The molecule has 0 amide bonds. The summed E-state index contributed by atoms with van der Waals surface area (Å²) in [5.74, 6) is -4.93. The Kier molecular flexibility index (Phi) is 9.63. The Balaban J connectivity index is 0.000000567. The minimum Gasteiger partial charge on any atom is -0.478 e. The van der Waals surface area contributed by atoms with E-state index in [4.69, 9.17) is 5.11 Å². The third-order valence-electron chi connectivity index (χ3n) is 3.21. The fourth-order valence-corrected chi connectivity index (χ4v) is 1.96. The van der Waals surface area contributed by atoms with E-state index in [1.165, 1.54) is 6.92 Å². The number of esters is 1. The first-order valence-corrected chi connectivity index (χ1v) is 7.81. The molecule has 2 aromatic rings. The van der Waals surface area contributed by atoms with E-state index in [0.29, 0.717) is 30.3 Å². The molecular weight excluding hydrogens is 444 g/mol. The zero-order valence-electron chi connectivity index (χ0n) is 14.9. The van der Waals surface area contributed by atoms with Crippen molar-refractivity contribution in [2.75, 3.05) is 6.61 Å². The summed E-state index contributed by atoms with van der Waals surface area (Å²) in [4.78, 5) is 21.4. The van der Waals surface area contributed by atoms with E-state index in [-0.39, 0.29) is 20.1 Å². The van der Waals surface area contributed by atoms with Gasteiger partial charge in [0, 0.05) is 0 Å². The quantitative estimate of drug-likeness (QED) is 0.438. The number of carbonyl (C=O) groups is 2. The van der Waals surface area contributed by atoms with Gasteiger partial charge in [0.05, 0.1) is 28.9 Å². The highest BCUT2D eigenvalue weighted by atomic mass is 19.4. The van der Waals surface area contributed by atoms with E-state index < -0.39 is 58.2 Å². The lowest BCUT2D eigenvalue weighted by atomic mass is 10.1. The molecule has 4 nitrogen and oxygen atoms in total. The summed E-state index contributed by atoms with van der Waals surface area (Å²) in [6.07, 6.45) is -9.43. The van der Waals surface area contributed by atoms with Gasteiger partial charge in [-0.1, -0.05) is 7.43 Å². The smallest absolute Gasteiger partial charge is 0.416 e. The van der Waals surface area contributed by atoms with E-state index in [1.54, 1.807) is 0 Å². The molecule has 0 saturated carbocycles. The molecule has 31 heavy (non-hydrogen) atoms. The minimum atomic E-state index is -4.74. The lowest BCUT2D eigenvalue weighted by Gasteiger charge is -2.08. The summed E-state index contributed by atoms with van der Waals surface area (Å²) in [6.45, 7) is 1.51. The monoisotopic (exact) mass is 460 g/mol. The third kappa shape index (κ3) is 8.60. The van der Waals surface area contributed by atoms with Crippen molar-refractivity contribution < 1.29 is 54.6 Å².